The lowest BCUT2D eigenvalue weighted by Crippen LogP contribution is -2.55. The van der Waals surface area contributed by atoms with Gasteiger partial charge in [-0.25, -0.2) is 0 Å². The standard InChI is InChI=1S/C12H18O5Si.C9H20O5Si/c1-13-18(14-2,15-3)12-7-5-4-6-11(12)17-9-10-8-16-10;1-5-9(14-7-8-6-13-8)15(10-2,11-3)12-4/h4-7,10H,8-9H2,1-3H3;8-9H,5-7H2,1-4H3. The molecule has 0 amide bonds. The van der Waals surface area contributed by atoms with Crippen LogP contribution in [0.3, 0.4) is 0 Å². The van der Waals surface area contributed by atoms with Gasteiger partial charge in [0, 0.05) is 42.7 Å². The number of epoxide rings is 2. The van der Waals surface area contributed by atoms with Crippen molar-refractivity contribution in [1.82, 2.24) is 0 Å². The minimum Gasteiger partial charge on any atom is -0.491 e. The van der Waals surface area contributed by atoms with Crippen LogP contribution >= 0.6 is 0 Å². The van der Waals surface area contributed by atoms with Crippen molar-refractivity contribution in [2.24, 2.45) is 0 Å². The average Bonchev–Trinajstić information content (AvgIpc) is 3.79. The summed E-state index contributed by atoms with van der Waals surface area (Å²) in [5.41, 5.74) is -0.123. The van der Waals surface area contributed by atoms with Crippen molar-refractivity contribution in [2.75, 3.05) is 69.1 Å². The van der Waals surface area contributed by atoms with Crippen molar-refractivity contribution >= 4 is 22.8 Å². The molecule has 1 aromatic carbocycles. The van der Waals surface area contributed by atoms with Crippen molar-refractivity contribution in [3.8, 4) is 5.75 Å². The molecule has 0 radical (unpaired) electrons. The highest BCUT2D eigenvalue weighted by atomic mass is 28.4. The van der Waals surface area contributed by atoms with Gasteiger partial charge in [-0.3, -0.25) is 0 Å². The van der Waals surface area contributed by atoms with E-state index in [1.165, 1.54) is 0 Å². The molecule has 3 atom stereocenters. The van der Waals surface area contributed by atoms with Crippen molar-refractivity contribution in [3.63, 3.8) is 0 Å². The molecule has 3 unspecified atom stereocenters. The summed E-state index contributed by atoms with van der Waals surface area (Å²) in [5.74, 6) is 0.727. The van der Waals surface area contributed by atoms with E-state index in [0.29, 0.717) is 13.2 Å². The van der Waals surface area contributed by atoms with Crippen LogP contribution in [0.15, 0.2) is 24.3 Å². The summed E-state index contributed by atoms with van der Waals surface area (Å²) in [6.07, 6.45) is 1.26. The maximum absolute atomic E-state index is 5.74. The largest absolute Gasteiger partial charge is 0.540 e. The van der Waals surface area contributed by atoms with Crippen LogP contribution in [0.2, 0.25) is 0 Å². The van der Waals surface area contributed by atoms with Gasteiger partial charge in [-0.2, -0.15) is 0 Å². The molecule has 0 bridgehead atoms. The number of hydrogen-bond donors (Lipinski definition) is 0. The first-order valence-corrected chi connectivity index (χ1v) is 14.4. The Labute approximate surface area is 199 Å². The Kier molecular flexibility index (Phi) is 11.9. The predicted molar refractivity (Wildman–Crippen MR) is 125 cm³/mol. The van der Waals surface area contributed by atoms with Gasteiger partial charge in [0.2, 0.25) is 0 Å². The molecular weight excluding hydrogens is 468 g/mol. The molecule has 0 N–H and O–H groups in total. The van der Waals surface area contributed by atoms with Crippen LogP contribution in [0.4, 0.5) is 0 Å². The molecule has 190 valence electrons. The van der Waals surface area contributed by atoms with E-state index in [1.807, 2.05) is 31.2 Å². The highest BCUT2D eigenvalue weighted by Crippen LogP contribution is 2.21. The van der Waals surface area contributed by atoms with Crippen LogP contribution in [0.1, 0.15) is 13.3 Å². The molecule has 2 aliphatic heterocycles. The Bertz CT molecular complexity index is 662. The van der Waals surface area contributed by atoms with Crippen molar-refractivity contribution < 1.29 is 45.5 Å². The highest BCUT2D eigenvalue weighted by molar-refractivity contribution is 6.76. The van der Waals surface area contributed by atoms with Crippen molar-refractivity contribution in [3.05, 3.63) is 24.3 Å². The van der Waals surface area contributed by atoms with Crippen LogP contribution < -0.4 is 9.92 Å². The van der Waals surface area contributed by atoms with E-state index in [-0.39, 0.29) is 17.9 Å². The summed E-state index contributed by atoms with van der Waals surface area (Å²) in [7, 11) is 4.02. The van der Waals surface area contributed by atoms with E-state index < -0.39 is 17.6 Å². The highest BCUT2D eigenvalue weighted by Gasteiger charge is 2.48. The SMILES string of the molecule is CCC(OCC1CO1)[Si](OC)(OC)OC.CO[Si](OC)(OC)c1ccccc1OCC1CO1. The number of ether oxygens (including phenoxy) is 4. The number of para-hydroxylation sites is 1. The van der Waals surface area contributed by atoms with Gasteiger partial charge in [0.25, 0.3) is 0 Å². The molecule has 1 aromatic rings. The Morgan fingerprint density at radius 2 is 1.33 bits per heavy atom. The summed E-state index contributed by atoms with van der Waals surface area (Å²) in [4.78, 5) is 0. The predicted octanol–water partition coefficient (Wildman–Crippen LogP) is 1.15. The van der Waals surface area contributed by atoms with Gasteiger partial charge in [-0.15, -0.1) is 0 Å². The molecule has 2 heterocycles. The molecule has 3 rings (SSSR count). The van der Waals surface area contributed by atoms with Crippen LogP contribution in [0, 0.1) is 0 Å². The Morgan fingerprint density at radius 3 is 1.79 bits per heavy atom. The molecule has 0 aliphatic carbocycles. The van der Waals surface area contributed by atoms with Gasteiger partial charge < -0.3 is 45.5 Å². The van der Waals surface area contributed by atoms with Crippen LogP contribution in [0.25, 0.3) is 0 Å². The third-order valence-corrected chi connectivity index (χ3v) is 11.1. The molecule has 0 spiro atoms. The first kappa shape index (κ1) is 28.3. The van der Waals surface area contributed by atoms with Crippen LogP contribution in [-0.2, 0) is 40.8 Å². The Balaban J connectivity index is 0.000000238. The minimum atomic E-state index is -2.86. The first-order chi connectivity index (χ1) is 16.0. The summed E-state index contributed by atoms with van der Waals surface area (Å²) >= 11 is 0. The van der Waals surface area contributed by atoms with Gasteiger partial charge in [-0.1, -0.05) is 25.1 Å². The van der Waals surface area contributed by atoms with Crippen LogP contribution in [-0.4, -0.2) is 105 Å². The third kappa shape index (κ3) is 7.80. The third-order valence-electron chi connectivity index (χ3n) is 5.35. The quantitative estimate of drug-likeness (QED) is 0.254. The van der Waals surface area contributed by atoms with E-state index >= 15 is 0 Å². The minimum absolute atomic E-state index is 0.123. The molecule has 33 heavy (non-hydrogen) atoms. The molecule has 2 aliphatic rings. The summed E-state index contributed by atoms with van der Waals surface area (Å²) < 4.78 is 54.2. The van der Waals surface area contributed by atoms with E-state index in [0.717, 1.165) is 30.6 Å². The average molecular weight is 507 g/mol. The summed E-state index contributed by atoms with van der Waals surface area (Å²) in [5, 5.41) is 0.832. The maximum atomic E-state index is 5.74. The molecule has 0 saturated carbocycles. The smallest absolute Gasteiger partial charge is 0.491 e. The lowest BCUT2D eigenvalue weighted by Gasteiger charge is -2.31. The molecule has 12 heteroatoms. The number of rotatable bonds is 15. The Hall–Kier alpha value is -0.906. The van der Waals surface area contributed by atoms with Gasteiger partial charge in [0.1, 0.15) is 30.3 Å². The fourth-order valence-electron chi connectivity index (χ4n) is 3.27. The number of hydrogen-bond acceptors (Lipinski definition) is 10. The zero-order valence-corrected chi connectivity index (χ0v) is 22.7. The molecule has 2 fully saturated rings. The fourth-order valence-corrected chi connectivity index (χ4v) is 7.28. The van der Waals surface area contributed by atoms with Gasteiger partial charge in [-0.05, 0) is 12.5 Å². The fraction of sp³-hybridized carbons (Fsp3) is 0.714. The zero-order valence-electron chi connectivity index (χ0n) is 20.7. The maximum Gasteiger partial charge on any atom is 0.540 e. The van der Waals surface area contributed by atoms with E-state index in [1.54, 1.807) is 42.7 Å². The molecule has 2 saturated heterocycles. The lowest BCUT2D eigenvalue weighted by molar-refractivity contribution is 0.00651. The monoisotopic (exact) mass is 506 g/mol. The lowest BCUT2D eigenvalue weighted by atomic mass is 10.3. The van der Waals surface area contributed by atoms with E-state index in [4.69, 9.17) is 45.5 Å². The van der Waals surface area contributed by atoms with Crippen molar-refractivity contribution in [2.45, 2.75) is 31.3 Å². The zero-order chi connectivity index (χ0) is 24.3. The molecule has 10 nitrogen and oxygen atoms in total. The molecular formula is C21H38O10Si2. The summed E-state index contributed by atoms with van der Waals surface area (Å²) in [6, 6.07) is 7.61. The Morgan fingerprint density at radius 1 is 0.818 bits per heavy atom. The second-order valence-corrected chi connectivity index (χ2v) is 13.3. The van der Waals surface area contributed by atoms with Gasteiger partial charge in [0.05, 0.1) is 25.0 Å². The van der Waals surface area contributed by atoms with E-state index in [9.17, 15) is 0 Å². The van der Waals surface area contributed by atoms with E-state index in [2.05, 4.69) is 0 Å². The topological polar surface area (TPSA) is 98.9 Å². The first-order valence-electron chi connectivity index (χ1n) is 10.9. The van der Waals surface area contributed by atoms with Crippen molar-refractivity contribution in [1.29, 1.82) is 0 Å². The second kappa shape index (κ2) is 13.8. The van der Waals surface area contributed by atoms with Crippen LogP contribution in [0.5, 0.6) is 5.75 Å². The molecule has 0 aromatic heterocycles. The number of benzene rings is 1. The second-order valence-electron chi connectivity index (χ2n) is 7.33. The van der Waals surface area contributed by atoms with Gasteiger partial charge in [0.15, 0.2) is 0 Å². The normalized spacial score (nSPS) is 20.6. The van der Waals surface area contributed by atoms with Gasteiger partial charge >= 0.3 is 17.6 Å². The summed E-state index contributed by atoms with van der Waals surface area (Å²) in [6.45, 7) is 4.71.